The number of rotatable bonds is 4. The molecule has 3 heterocycles. The molecule has 2 aromatic heterocycles. The number of nitrogens with zero attached hydrogens (tertiary/aromatic N) is 5. The standard InChI is InChI=1S/C13H19N7O/c1-19(2)12-6-5-9(15-17-12)10-4-3-7-20(10)8-11-14-13(21)18-16-11/h5-6,10H,3-4,7-8H2,1-2H3,(H2,14,16,18,21). The molecular formula is C13H19N7O. The van der Waals surface area contributed by atoms with Gasteiger partial charge in [-0.15, -0.1) is 5.10 Å². The van der Waals surface area contributed by atoms with E-state index in [9.17, 15) is 4.79 Å². The van der Waals surface area contributed by atoms with Gasteiger partial charge in [0.25, 0.3) is 0 Å². The van der Waals surface area contributed by atoms with E-state index in [1.807, 2.05) is 31.1 Å². The Morgan fingerprint density at radius 3 is 2.86 bits per heavy atom. The summed E-state index contributed by atoms with van der Waals surface area (Å²) in [5, 5.41) is 14.9. The van der Waals surface area contributed by atoms with Crippen LogP contribution < -0.4 is 10.6 Å². The third-order valence-corrected chi connectivity index (χ3v) is 3.74. The molecule has 2 N–H and O–H groups in total. The highest BCUT2D eigenvalue weighted by Crippen LogP contribution is 2.31. The highest BCUT2D eigenvalue weighted by Gasteiger charge is 2.28. The van der Waals surface area contributed by atoms with Gasteiger partial charge in [-0.1, -0.05) is 0 Å². The first kappa shape index (κ1) is 13.7. The highest BCUT2D eigenvalue weighted by molar-refractivity contribution is 5.35. The molecule has 0 aromatic carbocycles. The number of hydrogen-bond donors (Lipinski definition) is 2. The molecule has 0 radical (unpaired) electrons. The Bertz CT molecular complexity index is 645. The molecule has 2 aromatic rings. The van der Waals surface area contributed by atoms with Crippen molar-refractivity contribution in [2.24, 2.45) is 0 Å². The molecule has 1 saturated heterocycles. The fraction of sp³-hybridized carbons (Fsp3) is 0.538. The van der Waals surface area contributed by atoms with Crippen LogP contribution in [0, 0.1) is 0 Å². The Balaban J connectivity index is 1.75. The van der Waals surface area contributed by atoms with Crippen LogP contribution in [-0.2, 0) is 6.54 Å². The number of aromatic amines is 2. The van der Waals surface area contributed by atoms with E-state index >= 15 is 0 Å². The topological polar surface area (TPSA) is 93.8 Å². The fourth-order valence-corrected chi connectivity index (χ4v) is 2.67. The minimum Gasteiger partial charge on any atom is -0.361 e. The van der Waals surface area contributed by atoms with Crippen LogP contribution in [0.2, 0.25) is 0 Å². The van der Waals surface area contributed by atoms with Crippen LogP contribution in [-0.4, -0.2) is 50.9 Å². The lowest BCUT2D eigenvalue weighted by atomic mass is 10.1. The van der Waals surface area contributed by atoms with Gasteiger partial charge in [0.15, 0.2) is 5.82 Å². The summed E-state index contributed by atoms with van der Waals surface area (Å²) in [4.78, 5) is 18.0. The highest BCUT2D eigenvalue weighted by atomic mass is 16.1. The molecule has 1 aliphatic rings. The zero-order valence-electron chi connectivity index (χ0n) is 12.2. The number of anilines is 1. The van der Waals surface area contributed by atoms with Crippen molar-refractivity contribution in [2.45, 2.75) is 25.4 Å². The van der Waals surface area contributed by atoms with Crippen LogP contribution in [0.1, 0.15) is 30.4 Å². The molecule has 112 valence electrons. The van der Waals surface area contributed by atoms with Gasteiger partial charge < -0.3 is 4.90 Å². The third-order valence-electron chi connectivity index (χ3n) is 3.74. The van der Waals surface area contributed by atoms with Gasteiger partial charge in [0.2, 0.25) is 0 Å². The second-order valence-electron chi connectivity index (χ2n) is 5.46. The number of aromatic nitrogens is 5. The monoisotopic (exact) mass is 289 g/mol. The van der Waals surface area contributed by atoms with E-state index in [-0.39, 0.29) is 11.7 Å². The summed E-state index contributed by atoms with van der Waals surface area (Å²) < 4.78 is 0. The van der Waals surface area contributed by atoms with Crippen LogP contribution in [0.5, 0.6) is 0 Å². The van der Waals surface area contributed by atoms with Crippen LogP contribution in [0.3, 0.4) is 0 Å². The Kier molecular flexibility index (Phi) is 3.70. The maximum Gasteiger partial charge on any atom is 0.340 e. The van der Waals surface area contributed by atoms with E-state index in [0.29, 0.717) is 12.4 Å². The minimum absolute atomic E-state index is 0.230. The van der Waals surface area contributed by atoms with Crippen molar-refractivity contribution in [3.05, 3.63) is 34.1 Å². The maximum absolute atomic E-state index is 11.1. The molecule has 1 unspecified atom stereocenters. The summed E-state index contributed by atoms with van der Waals surface area (Å²) in [5.74, 6) is 1.50. The van der Waals surface area contributed by atoms with E-state index in [0.717, 1.165) is 30.9 Å². The first-order chi connectivity index (χ1) is 10.1. The van der Waals surface area contributed by atoms with Crippen molar-refractivity contribution in [3.63, 3.8) is 0 Å². The van der Waals surface area contributed by atoms with Gasteiger partial charge in [0.1, 0.15) is 5.82 Å². The van der Waals surface area contributed by atoms with Crippen molar-refractivity contribution in [3.8, 4) is 0 Å². The normalized spacial score (nSPS) is 19.0. The SMILES string of the molecule is CN(C)c1ccc(C2CCCN2Cc2n[nH]c(=O)[nH]2)nn1. The molecular weight excluding hydrogens is 270 g/mol. The zero-order chi connectivity index (χ0) is 14.8. The maximum atomic E-state index is 11.1. The van der Waals surface area contributed by atoms with Gasteiger partial charge in [-0.3, -0.25) is 9.88 Å². The second-order valence-corrected chi connectivity index (χ2v) is 5.46. The predicted octanol–water partition coefficient (Wildman–Crippen LogP) is 0.291. The molecule has 3 rings (SSSR count). The zero-order valence-corrected chi connectivity index (χ0v) is 12.2. The summed E-state index contributed by atoms with van der Waals surface area (Å²) in [7, 11) is 3.89. The van der Waals surface area contributed by atoms with E-state index in [1.54, 1.807) is 0 Å². The molecule has 1 aliphatic heterocycles. The molecule has 8 nitrogen and oxygen atoms in total. The van der Waals surface area contributed by atoms with Gasteiger partial charge in [-0.25, -0.2) is 9.89 Å². The molecule has 0 saturated carbocycles. The average Bonchev–Trinajstić information content (AvgIpc) is 3.09. The van der Waals surface area contributed by atoms with Gasteiger partial charge in [0.05, 0.1) is 18.3 Å². The molecule has 0 bridgehead atoms. The van der Waals surface area contributed by atoms with Gasteiger partial charge in [-0.05, 0) is 31.5 Å². The first-order valence-electron chi connectivity index (χ1n) is 7.02. The number of hydrogen-bond acceptors (Lipinski definition) is 6. The number of likely N-dealkylation sites (tertiary alicyclic amines) is 1. The van der Waals surface area contributed by atoms with E-state index in [1.165, 1.54) is 0 Å². The number of H-pyrrole nitrogens is 2. The fourth-order valence-electron chi connectivity index (χ4n) is 2.67. The second kappa shape index (κ2) is 5.65. The van der Waals surface area contributed by atoms with Crippen molar-refractivity contribution < 1.29 is 0 Å². The summed E-state index contributed by atoms with van der Waals surface area (Å²) >= 11 is 0. The van der Waals surface area contributed by atoms with Gasteiger partial charge >= 0.3 is 5.69 Å². The molecule has 0 amide bonds. The minimum atomic E-state index is -0.268. The van der Waals surface area contributed by atoms with Crippen LogP contribution in [0.15, 0.2) is 16.9 Å². The average molecular weight is 289 g/mol. The molecule has 8 heteroatoms. The first-order valence-corrected chi connectivity index (χ1v) is 7.02. The Morgan fingerprint density at radius 1 is 1.38 bits per heavy atom. The Morgan fingerprint density at radius 2 is 2.24 bits per heavy atom. The molecule has 1 atom stereocenters. The van der Waals surface area contributed by atoms with Gasteiger partial charge in [-0.2, -0.15) is 10.2 Å². The van der Waals surface area contributed by atoms with Crippen LogP contribution >= 0.6 is 0 Å². The molecule has 0 aliphatic carbocycles. The van der Waals surface area contributed by atoms with Crippen LogP contribution in [0.25, 0.3) is 0 Å². The molecule has 1 fully saturated rings. The quantitative estimate of drug-likeness (QED) is 0.840. The summed E-state index contributed by atoms with van der Waals surface area (Å²) in [6.07, 6.45) is 2.15. The Hall–Kier alpha value is -2.22. The number of nitrogens with one attached hydrogen (secondary N) is 2. The predicted molar refractivity (Wildman–Crippen MR) is 78.0 cm³/mol. The lowest BCUT2D eigenvalue weighted by molar-refractivity contribution is 0.237. The van der Waals surface area contributed by atoms with E-state index in [4.69, 9.17) is 0 Å². The molecule has 21 heavy (non-hydrogen) atoms. The Labute approximate surface area is 122 Å². The van der Waals surface area contributed by atoms with Crippen molar-refractivity contribution in [1.29, 1.82) is 0 Å². The third kappa shape index (κ3) is 2.94. The van der Waals surface area contributed by atoms with E-state index in [2.05, 4.69) is 30.3 Å². The largest absolute Gasteiger partial charge is 0.361 e. The lowest BCUT2D eigenvalue weighted by Gasteiger charge is -2.22. The van der Waals surface area contributed by atoms with Crippen LogP contribution in [0.4, 0.5) is 5.82 Å². The van der Waals surface area contributed by atoms with E-state index < -0.39 is 0 Å². The summed E-state index contributed by atoms with van der Waals surface area (Å²) in [6.45, 7) is 1.58. The smallest absolute Gasteiger partial charge is 0.340 e. The van der Waals surface area contributed by atoms with Crippen molar-refractivity contribution in [2.75, 3.05) is 25.5 Å². The van der Waals surface area contributed by atoms with Crippen molar-refractivity contribution in [1.82, 2.24) is 30.3 Å². The lowest BCUT2D eigenvalue weighted by Crippen LogP contribution is -2.24. The van der Waals surface area contributed by atoms with Crippen molar-refractivity contribution >= 4 is 5.82 Å². The summed E-state index contributed by atoms with van der Waals surface area (Å²) in [5.41, 5.74) is 0.701. The van der Waals surface area contributed by atoms with Gasteiger partial charge in [0, 0.05) is 14.1 Å². The molecule has 0 spiro atoms. The summed E-state index contributed by atoms with van der Waals surface area (Å²) in [6, 6.07) is 4.24.